The molecule has 2 aromatic heterocycles. The smallest absolute Gasteiger partial charge is 0.390 e. The maximum Gasteiger partial charge on any atom is 0.390 e. The van der Waals surface area contributed by atoms with Crippen LogP contribution >= 0.6 is 61.2 Å². The average Bonchev–Trinajstić information content (AvgIpc) is 4.26. The van der Waals surface area contributed by atoms with E-state index in [1.54, 1.807) is 0 Å². The molecule has 3 N–H and O–H groups in total. The van der Waals surface area contributed by atoms with Crippen molar-refractivity contribution >= 4 is 84.4 Å². The van der Waals surface area contributed by atoms with Gasteiger partial charge in [-0.3, -0.25) is 19.0 Å². The number of halogens is 6. The van der Waals surface area contributed by atoms with Gasteiger partial charge < -0.3 is 30.2 Å². The molecule has 4 atom stereocenters. The Morgan fingerprint density at radius 2 is 1.07 bits per heavy atom. The Bertz CT molecular complexity index is 2120. The average molecular weight is 1330 g/mol. The molecule has 0 radical (unpaired) electrons. The van der Waals surface area contributed by atoms with Gasteiger partial charge in [0.2, 0.25) is 0 Å². The van der Waals surface area contributed by atoms with Crippen molar-refractivity contribution in [3.8, 4) is 0 Å². The van der Waals surface area contributed by atoms with Crippen molar-refractivity contribution in [2.45, 2.75) is 164 Å². The summed E-state index contributed by atoms with van der Waals surface area (Å²) in [5.74, 6) is 7.78. The van der Waals surface area contributed by atoms with E-state index in [9.17, 15) is 33.0 Å². The number of nitrogens with one attached hydrogen (secondary N) is 1. The molecule has 12 nitrogen and oxygen atoms in total. The van der Waals surface area contributed by atoms with Crippen LogP contribution in [0.3, 0.4) is 0 Å². The van der Waals surface area contributed by atoms with Crippen LogP contribution in [0, 0.1) is 59.2 Å². The van der Waals surface area contributed by atoms with Gasteiger partial charge in [0, 0.05) is 108 Å². The third kappa shape index (κ3) is 13.0. The minimum absolute atomic E-state index is 0. The van der Waals surface area contributed by atoms with E-state index in [1.165, 1.54) is 38.5 Å². The maximum absolute atomic E-state index is 13.4. The first-order valence-electron chi connectivity index (χ1n) is 27.3. The molecule has 2 saturated heterocycles. The molecule has 12 fully saturated rings. The summed E-state index contributed by atoms with van der Waals surface area (Å²) >= 11 is 4.24. The second-order valence-electron chi connectivity index (χ2n) is 24.6. The molecular formula is C53H80F3I3N8O4. The van der Waals surface area contributed by atoms with Crippen LogP contribution < -0.4 is 15.1 Å². The van der Waals surface area contributed by atoms with E-state index in [1.807, 2.05) is 34.4 Å². The number of hydrogen-bond acceptors (Lipinski definition) is 10. The molecule has 8 bridgehead atoms. The van der Waals surface area contributed by atoms with Gasteiger partial charge in [-0.15, -0.1) is 24.0 Å². The van der Waals surface area contributed by atoms with Crippen LogP contribution in [0.2, 0.25) is 0 Å². The number of nitrogens with zero attached hydrogens (tertiary/aromatic N) is 7. The molecule has 4 unspecified atom stereocenters. The number of carbonyl (C=O) groups is 2. The largest absolute Gasteiger partial charge is 0.390 e. The molecule has 10 saturated carbocycles. The predicted octanol–water partition coefficient (Wildman–Crippen LogP) is 10.4. The number of aryl methyl sites for hydroxylation is 2. The third-order valence-corrected chi connectivity index (χ3v) is 19.3. The van der Waals surface area contributed by atoms with Crippen molar-refractivity contribution in [3.05, 3.63) is 23.5 Å². The summed E-state index contributed by atoms with van der Waals surface area (Å²) in [6, 6.07) is 5.14. The maximum atomic E-state index is 13.4. The Balaban J connectivity index is 0.000000170. The first-order chi connectivity index (χ1) is 33.5. The number of ketones is 2. The van der Waals surface area contributed by atoms with Gasteiger partial charge in [0.25, 0.3) is 0 Å². The lowest BCUT2D eigenvalue weighted by molar-refractivity contribution is -0.151. The van der Waals surface area contributed by atoms with Crippen LogP contribution in [0.15, 0.2) is 12.1 Å². The van der Waals surface area contributed by atoms with Gasteiger partial charge in [0.05, 0.1) is 17.6 Å². The molecule has 2 aliphatic heterocycles. The van der Waals surface area contributed by atoms with E-state index in [0.717, 1.165) is 121 Å². The molecule has 14 rings (SSSR count). The highest BCUT2D eigenvalue weighted by atomic mass is 128. The highest BCUT2D eigenvalue weighted by Gasteiger charge is 2.56. The third-order valence-electron chi connectivity index (χ3n) is 19.3. The van der Waals surface area contributed by atoms with E-state index >= 15 is 0 Å². The molecule has 0 amide bonds. The number of Topliss-reactive ketones (excluding diaryl/α,β-unsaturated/α-hetero) is 2. The molecule has 0 aromatic carbocycles. The summed E-state index contributed by atoms with van der Waals surface area (Å²) in [6.07, 6.45) is 15.7. The van der Waals surface area contributed by atoms with Crippen LogP contribution in [0.4, 0.5) is 24.8 Å². The van der Waals surface area contributed by atoms with Crippen molar-refractivity contribution in [1.29, 1.82) is 0 Å². The zero-order valence-corrected chi connectivity index (χ0v) is 48.7. The van der Waals surface area contributed by atoms with E-state index in [2.05, 4.69) is 63.5 Å². The summed E-state index contributed by atoms with van der Waals surface area (Å²) in [4.78, 5) is 33.6. The normalized spacial score (nSPS) is 34.3. The first kappa shape index (κ1) is 55.0. The lowest BCUT2D eigenvalue weighted by atomic mass is 9.49. The van der Waals surface area contributed by atoms with Crippen LogP contribution in [0.25, 0.3) is 0 Å². The number of anilines is 2. The number of hydrogen-bond donors (Lipinski definition) is 3. The second-order valence-corrected chi connectivity index (χ2v) is 24.6. The fourth-order valence-electron chi connectivity index (χ4n) is 16.1. The van der Waals surface area contributed by atoms with Gasteiger partial charge in [-0.05, 0) is 201 Å². The van der Waals surface area contributed by atoms with Crippen molar-refractivity contribution < 1.29 is 33.0 Å². The van der Waals surface area contributed by atoms with E-state index in [0.29, 0.717) is 103 Å². The van der Waals surface area contributed by atoms with Crippen LogP contribution in [-0.4, -0.2) is 122 Å². The standard InChI is InChI=1S/C28H41F3N4O2.C25H38N4O2.I2.HI/c1-33-26(35(22-2-3-22)17-18-4-7-34(8-5-18)9-6-28(29,30)31)13-24(32-33)25(36)12-23-20-10-19-11-21(23)16-27(37,14-19)15-20;1-28-24(29(20-2-3-20)15-16-4-6-26-7-5-16)11-22(27-28)23(30)10-21-18-8-17-9-19(21)14-25(31,12-17)13-18;1-2;/h13,18-23,37H,2-12,14-17H2,1H3;11,16-21,26,31H,2-10,12-15H2,1H3;;1H. The number of carbonyl (C=O) groups excluding carboxylic acids is 2. The van der Waals surface area contributed by atoms with E-state index in [4.69, 9.17) is 5.10 Å². The minimum atomic E-state index is -4.09. The van der Waals surface area contributed by atoms with Gasteiger partial charge in [-0.25, -0.2) is 0 Å². The SMILES string of the molecule is Cn1nc(C(=O)CC2C3CC4CC2CC(O)(C4)C3)cc1N(CC1CCN(CCC(F)(F)F)CC1)C1CC1.Cn1nc(C(=O)CC2C3CC4CC2CC(O)(C4)C3)cc1N(CC1CCNCC1)C1CC1.I.II. The topological polar surface area (TPSA) is 132 Å². The van der Waals surface area contributed by atoms with Crippen LogP contribution in [-0.2, 0) is 14.1 Å². The molecule has 2 aromatic rings. The van der Waals surface area contributed by atoms with Gasteiger partial charge in [-0.1, -0.05) is 0 Å². The predicted molar refractivity (Wildman–Crippen MR) is 298 cm³/mol. The Hall–Kier alpha value is -0.820. The zero-order chi connectivity index (χ0) is 49.1. The van der Waals surface area contributed by atoms with Gasteiger partial charge in [0.15, 0.2) is 11.6 Å². The summed E-state index contributed by atoms with van der Waals surface area (Å²) in [6.45, 7) is 5.74. The number of alkyl halides is 3. The fourth-order valence-corrected chi connectivity index (χ4v) is 16.1. The molecule has 18 heteroatoms. The van der Waals surface area contributed by atoms with Crippen molar-refractivity contribution in [2.24, 2.45) is 73.3 Å². The molecule has 0 spiro atoms. The van der Waals surface area contributed by atoms with E-state index < -0.39 is 23.8 Å². The van der Waals surface area contributed by atoms with Crippen LogP contribution in [0.1, 0.15) is 156 Å². The number of rotatable bonds is 16. The summed E-state index contributed by atoms with van der Waals surface area (Å²) < 4.78 is 41.6. The van der Waals surface area contributed by atoms with Crippen molar-refractivity contribution in [1.82, 2.24) is 29.8 Å². The highest BCUT2D eigenvalue weighted by Crippen LogP contribution is 2.60. The van der Waals surface area contributed by atoms with E-state index in [-0.39, 0.29) is 42.1 Å². The molecule has 398 valence electrons. The minimum Gasteiger partial charge on any atom is -0.390 e. The Labute approximate surface area is 460 Å². The quantitative estimate of drug-likeness (QED) is 0.110. The Morgan fingerprint density at radius 3 is 1.44 bits per heavy atom. The lowest BCUT2D eigenvalue weighted by Crippen LogP contribution is -2.54. The molecule has 71 heavy (non-hydrogen) atoms. The van der Waals surface area contributed by atoms with Crippen molar-refractivity contribution in [2.75, 3.05) is 55.6 Å². The van der Waals surface area contributed by atoms with Crippen LogP contribution in [0.5, 0.6) is 0 Å². The first-order valence-corrected chi connectivity index (χ1v) is 33.6. The summed E-state index contributed by atoms with van der Waals surface area (Å²) in [7, 11) is 3.92. The molecule has 4 heterocycles. The van der Waals surface area contributed by atoms with Gasteiger partial charge in [0.1, 0.15) is 23.0 Å². The summed E-state index contributed by atoms with van der Waals surface area (Å²) in [5, 5.41) is 34.6. The monoisotopic (exact) mass is 1330 g/mol. The Morgan fingerprint density at radius 1 is 0.676 bits per heavy atom. The number of likely N-dealkylation sites (tertiary alicyclic amines) is 1. The number of aromatic nitrogens is 4. The molecule has 10 aliphatic carbocycles. The fraction of sp³-hybridized carbons (Fsp3) is 0.849. The molecule has 12 aliphatic rings. The van der Waals surface area contributed by atoms with Gasteiger partial charge in [-0.2, -0.15) is 23.4 Å². The Kier molecular flexibility index (Phi) is 17.5. The van der Waals surface area contributed by atoms with Crippen molar-refractivity contribution in [3.63, 3.8) is 0 Å². The lowest BCUT2D eigenvalue weighted by Gasteiger charge is -2.58. The highest BCUT2D eigenvalue weighted by molar-refractivity contribution is 15.0. The number of aliphatic hydroxyl groups is 2. The van der Waals surface area contributed by atoms with Gasteiger partial charge >= 0.3 is 6.18 Å². The zero-order valence-electron chi connectivity index (χ0n) is 42.0. The molecular weight excluding hydrogens is 1250 g/mol. The number of piperidine rings is 2. The second kappa shape index (κ2) is 22.6. The summed E-state index contributed by atoms with van der Waals surface area (Å²) in [5.41, 5.74) is 0.305.